The summed E-state index contributed by atoms with van der Waals surface area (Å²) in [6, 6.07) is -0.500. The quantitative estimate of drug-likeness (QED) is 0.721. The van der Waals surface area contributed by atoms with Gasteiger partial charge in [0.2, 0.25) is 5.91 Å². The molecule has 1 rings (SSSR count). The SMILES string of the molecule is CCCCC[C@]1(CC)C(=N)N(C)C(=O)NC1=O. The predicted molar refractivity (Wildman–Crippen MR) is 65.9 cm³/mol. The number of amidine groups is 1. The summed E-state index contributed by atoms with van der Waals surface area (Å²) in [5.74, 6) is -0.186. The molecule has 1 atom stereocenters. The molecule has 0 aromatic heterocycles. The minimum Gasteiger partial charge on any atom is -0.287 e. The zero-order chi connectivity index (χ0) is 13.1. The zero-order valence-electron chi connectivity index (χ0n) is 10.8. The maximum atomic E-state index is 12.0. The van der Waals surface area contributed by atoms with Crippen molar-refractivity contribution in [1.82, 2.24) is 10.2 Å². The lowest BCUT2D eigenvalue weighted by Gasteiger charge is -2.39. The molecule has 5 heteroatoms. The molecular weight excluding hydrogens is 218 g/mol. The van der Waals surface area contributed by atoms with Crippen molar-refractivity contribution in [3.05, 3.63) is 0 Å². The van der Waals surface area contributed by atoms with Gasteiger partial charge in [0.1, 0.15) is 11.3 Å². The van der Waals surface area contributed by atoms with Gasteiger partial charge in [-0.3, -0.25) is 20.4 Å². The average molecular weight is 239 g/mol. The predicted octanol–water partition coefficient (Wildman–Crippen LogP) is 2.12. The van der Waals surface area contributed by atoms with Crippen LogP contribution in [-0.2, 0) is 4.79 Å². The lowest BCUT2D eigenvalue weighted by Crippen LogP contribution is -2.62. The Kier molecular flexibility index (Phi) is 4.26. The number of amides is 3. The Morgan fingerprint density at radius 2 is 1.94 bits per heavy atom. The Morgan fingerprint density at radius 3 is 2.47 bits per heavy atom. The number of nitrogens with zero attached hydrogens (tertiary/aromatic N) is 1. The van der Waals surface area contributed by atoms with E-state index in [9.17, 15) is 9.59 Å². The third kappa shape index (κ3) is 2.33. The number of urea groups is 1. The van der Waals surface area contributed by atoms with Gasteiger partial charge in [-0.15, -0.1) is 0 Å². The second-order valence-corrected chi connectivity index (χ2v) is 4.56. The number of carbonyl (C=O) groups excluding carboxylic acids is 2. The topological polar surface area (TPSA) is 73.3 Å². The van der Waals surface area contributed by atoms with E-state index in [1.54, 1.807) is 0 Å². The molecule has 5 nitrogen and oxygen atoms in total. The fraction of sp³-hybridized carbons (Fsp3) is 0.750. The smallest absolute Gasteiger partial charge is 0.287 e. The van der Waals surface area contributed by atoms with Crippen LogP contribution in [0.15, 0.2) is 0 Å². The highest BCUT2D eigenvalue weighted by atomic mass is 16.2. The van der Waals surface area contributed by atoms with Crippen LogP contribution in [0.25, 0.3) is 0 Å². The first-order valence-electron chi connectivity index (χ1n) is 6.17. The van der Waals surface area contributed by atoms with Crippen LogP contribution in [0.2, 0.25) is 0 Å². The summed E-state index contributed by atoms with van der Waals surface area (Å²) in [6.45, 7) is 3.99. The second-order valence-electron chi connectivity index (χ2n) is 4.56. The van der Waals surface area contributed by atoms with Gasteiger partial charge < -0.3 is 0 Å². The Hall–Kier alpha value is -1.39. The van der Waals surface area contributed by atoms with Crippen LogP contribution in [0.4, 0.5) is 4.79 Å². The van der Waals surface area contributed by atoms with Crippen LogP contribution in [0.5, 0.6) is 0 Å². The molecule has 0 radical (unpaired) electrons. The number of hydrogen-bond donors (Lipinski definition) is 2. The number of rotatable bonds is 5. The third-order valence-corrected chi connectivity index (χ3v) is 3.56. The summed E-state index contributed by atoms with van der Waals surface area (Å²) in [5.41, 5.74) is -0.822. The molecular formula is C12H21N3O2. The molecule has 0 aromatic rings. The van der Waals surface area contributed by atoms with Gasteiger partial charge in [0, 0.05) is 7.05 Å². The number of nitrogens with one attached hydrogen (secondary N) is 2. The van der Waals surface area contributed by atoms with E-state index in [-0.39, 0.29) is 11.7 Å². The molecule has 1 saturated heterocycles. The molecule has 0 bridgehead atoms. The number of hydrogen-bond acceptors (Lipinski definition) is 3. The Labute approximate surface area is 102 Å². The van der Waals surface area contributed by atoms with E-state index in [0.717, 1.165) is 19.3 Å². The fourth-order valence-electron chi connectivity index (χ4n) is 2.24. The highest BCUT2D eigenvalue weighted by Gasteiger charge is 2.48. The van der Waals surface area contributed by atoms with Crippen LogP contribution in [0.3, 0.4) is 0 Å². The van der Waals surface area contributed by atoms with Crippen molar-refractivity contribution < 1.29 is 9.59 Å². The summed E-state index contributed by atoms with van der Waals surface area (Å²) in [6.07, 6.45) is 4.21. The molecule has 1 fully saturated rings. The van der Waals surface area contributed by atoms with Gasteiger partial charge in [0.05, 0.1) is 0 Å². The number of unbranched alkanes of at least 4 members (excludes halogenated alkanes) is 2. The van der Waals surface area contributed by atoms with E-state index in [4.69, 9.17) is 5.41 Å². The molecule has 1 aliphatic heterocycles. The van der Waals surface area contributed by atoms with Gasteiger partial charge in [-0.25, -0.2) is 4.79 Å². The van der Waals surface area contributed by atoms with Crippen molar-refractivity contribution in [2.45, 2.75) is 46.0 Å². The van der Waals surface area contributed by atoms with Crippen molar-refractivity contribution in [3.8, 4) is 0 Å². The summed E-state index contributed by atoms with van der Waals surface area (Å²) >= 11 is 0. The van der Waals surface area contributed by atoms with Crippen LogP contribution >= 0.6 is 0 Å². The van der Waals surface area contributed by atoms with Crippen LogP contribution in [0.1, 0.15) is 46.0 Å². The van der Waals surface area contributed by atoms with E-state index in [1.165, 1.54) is 11.9 Å². The summed E-state index contributed by atoms with van der Waals surface area (Å²) in [7, 11) is 1.54. The van der Waals surface area contributed by atoms with E-state index in [0.29, 0.717) is 12.8 Å². The van der Waals surface area contributed by atoms with E-state index >= 15 is 0 Å². The van der Waals surface area contributed by atoms with Gasteiger partial charge in [-0.1, -0.05) is 33.1 Å². The van der Waals surface area contributed by atoms with Gasteiger partial charge in [0.15, 0.2) is 0 Å². The van der Waals surface area contributed by atoms with Crippen molar-refractivity contribution in [1.29, 1.82) is 5.41 Å². The molecule has 0 spiro atoms. The van der Waals surface area contributed by atoms with Gasteiger partial charge in [-0.05, 0) is 12.8 Å². The van der Waals surface area contributed by atoms with Crippen molar-refractivity contribution in [2.24, 2.45) is 5.41 Å². The molecule has 2 N–H and O–H groups in total. The molecule has 0 unspecified atom stereocenters. The molecule has 3 amide bonds. The van der Waals surface area contributed by atoms with Crippen LogP contribution < -0.4 is 5.32 Å². The van der Waals surface area contributed by atoms with Crippen molar-refractivity contribution in [3.63, 3.8) is 0 Å². The van der Waals surface area contributed by atoms with Crippen molar-refractivity contribution >= 4 is 17.8 Å². The monoisotopic (exact) mass is 239 g/mol. The highest BCUT2D eigenvalue weighted by Crippen LogP contribution is 2.34. The highest BCUT2D eigenvalue weighted by molar-refractivity contribution is 6.19. The van der Waals surface area contributed by atoms with E-state index < -0.39 is 11.4 Å². The molecule has 1 heterocycles. The molecule has 1 aliphatic rings. The molecule has 96 valence electrons. The lowest BCUT2D eigenvalue weighted by atomic mass is 9.76. The second kappa shape index (κ2) is 5.29. The maximum Gasteiger partial charge on any atom is 0.329 e. The first kappa shape index (κ1) is 13.7. The molecule has 17 heavy (non-hydrogen) atoms. The van der Waals surface area contributed by atoms with Crippen LogP contribution in [0, 0.1) is 10.8 Å². The van der Waals surface area contributed by atoms with Crippen molar-refractivity contribution in [2.75, 3.05) is 7.05 Å². The molecule has 0 aliphatic carbocycles. The molecule has 0 saturated carbocycles. The standard InChI is InChI=1S/C12H21N3O2/c1-4-6-7-8-12(5-2)9(13)15(3)11(17)14-10(12)16/h13H,4-8H2,1-3H3,(H,14,16,17)/t12-/m1/s1. The van der Waals surface area contributed by atoms with Gasteiger partial charge in [-0.2, -0.15) is 0 Å². The molecule has 0 aromatic carbocycles. The zero-order valence-corrected chi connectivity index (χ0v) is 10.8. The Morgan fingerprint density at radius 1 is 1.29 bits per heavy atom. The van der Waals surface area contributed by atoms with Gasteiger partial charge >= 0.3 is 6.03 Å². The van der Waals surface area contributed by atoms with Gasteiger partial charge in [0.25, 0.3) is 0 Å². The first-order valence-corrected chi connectivity index (χ1v) is 6.17. The van der Waals surface area contributed by atoms with E-state index in [1.807, 2.05) is 6.92 Å². The normalized spacial score (nSPS) is 25.1. The number of carbonyl (C=O) groups is 2. The van der Waals surface area contributed by atoms with E-state index in [2.05, 4.69) is 12.2 Å². The lowest BCUT2D eigenvalue weighted by molar-refractivity contribution is -0.128. The minimum atomic E-state index is -0.822. The average Bonchev–Trinajstić information content (AvgIpc) is 2.31. The third-order valence-electron chi connectivity index (χ3n) is 3.56. The fourth-order valence-corrected chi connectivity index (χ4v) is 2.24. The number of imide groups is 1. The summed E-state index contributed by atoms with van der Waals surface area (Å²) in [5, 5.41) is 10.4. The summed E-state index contributed by atoms with van der Waals surface area (Å²) < 4.78 is 0. The van der Waals surface area contributed by atoms with Crippen LogP contribution in [-0.4, -0.2) is 29.7 Å². The Bertz CT molecular complexity index is 341. The minimum absolute atomic E-state index is 0.129. The largest absolute Gasteiger partial charge is 0.329 e. The first-order chi connectivity index (χ1) is 7.99. The Balaban J connectivity index is 2.91. The summed E-state index contributed by atoms with van der Waals surface area (Å²) in [4.78, 5) is 24.6. The maximum absolute atomic E-state index is 12.0.